The zero-order valence-electron chi connectivity index (χ0n) is 18.5. The number of hydrogen-bond donors (Lipinski definition) is 0. The largest absolute Gasteiger partial charge is 0.444 e. The Labute approximate surface area is 178 Å². The van der Waals surface area contributed by atoms with Crippen LogP contribution in [-0.2, 0) is 11.3 Å². The summed E-state index contributed by atoms with van der Waals surface area (Å²) in [5.74, 6) is 1.20. The average molecular weight is 416 g/mol. The van der Waals surface area contributed by atoms with E-state index >= 15 is 0 Å². The Bertz CT molecular complexity index is 795. The predicted molar refractivity (Wildman–Crippen MR) is 114 cm³/mol. The molecule has 0 aliphatic carbocycles. The average Bonchev–Trinajstić information content (AvgIpc) is 3.19. The number of carbonyl (C=O) groups is 1. The Morgan fingerprint density at radius 1 is 1.27 bits per heavy atom. The van der Waals surface area contributed by atoms with Crippen LogP contribution in [0.15, 0.2) is 29.0 Å². The molecular weight excluding hydrogens is 382 g/mol. The number of nitrogens with zero attached hydrogens (tertiary/aromatic N) is 5. The highest BCUT2D eigenvalue weighted by Crippen LogP contribution is 2.22. The summed E-state index contributed by atoms with van der Waals surface area (Å²) < 4.78 is 11.0. The standard InChI is InChI=1S/C22H33N5O3/c1-5-6-13-27(16-19-24-20(25-30-19)17-7-11-23-12-8-17)18-9-14-26(15-10-18)21(28)29-22(2,3)4/h7-8,11-12,18H,5-6,9-10,13-16H2,1-4H3. The molecule has 0 aromatic carbocycles. The molecule has 0 spiro atoms. The van der Waals surface area contributed by atoms with Crippen LogP contribution < -0.4 is 0 Å². The number of aromatic nitrogens is 3. The number of likely N-dealkylation sites (tertiary alicyclic amines) is 1. The van der Waals surface area contributed by atoms with Crippen molar-refractivity contribution in [2.45, 2.75) is 71.6 Å². The van der Waals surface area contributed by atoms with Crippen molar-refractivity contribution in [1.29, 1.82) is 0 Å². The third-order valence-corrected chi connectivity index (χ3v) is 5.18. The smallest absolute Gasteiger partial charge is 0.410 e. The zero-order chi connectivity index (χ0) is 21.6. The van der Waals surface area contributed by atoms with Gasteiger partial charge in [-0.05, 0) is 58.7 Å². The van der Waals surface area contributed by atoms with Crippen LogP contribution in [0.1, 0.15) is 59.3 Å². The summed E-state index contributed by atoms with van der Waals surface area (Å²) in [7, 11) is 0. The molecule has 3 rings (SSSR count). The van der Waals surface area contributed by atoms with Gasteiger partial charge >= 0.3 is 6.09 Å². The Morgan fingerprint density at radius 3 is 2.60 bits per heavy atom. The normalized spacial score (nSPS) is 15.6. The minimum atomic E-state index is -0.467. The molecule has 0 saturated carbocycles. The molecule has 2 aromatic rings. The summed E-state index contributed by atoms with van der Waals surface area (Å²) in [4.78, 5) is 25.2. The maximum absolute atomic E-state index is 12.3. The second kappa shape index (κ2) is 10.0. The van der Waals surface area contributed by atoms with Crippen LogP contribution in [0, 0.1) is 0 Å². The van der Waals surface area contributed by atoms with Gasteiger partial charge < -0.3 is 14.2 Å². The fraction of sp³-hybridized carbons (Fsp3) is 0.636. The molecule has 1 saturated heterocycles. The van der Waals surface area contributed by atoms with Gasteiger partial charge in [0.2, 0.25) is 11.7 Å². The molecule has 1 fully saturated rings. The summed E-state index contributed by atoms with van der Waals surface area (Å²) in [6, 6.07) is 4.12. The van der Waals surface area contributed by atoms with E-state index in [9.17, 15) is 4.79 Å². The summed E-state index contributed by atoms with van der Waals surface area (Å²) in [6.07, 6.45) is 7.27. The first-order valence-corrected chi connectivity index (χ1v) is 10.8. The molecule has 1 aliphatic rings. The Hall–Kier alpha value is -2.48. The number of hydrogen-bond acceptors (Lipinski definition) is 7. The molecular formula is C22H33N5O3. The van der Waals surface area contributed by atoms with Gasteiger partial charge in [0.25, 0.3) is 0 Å². The molecule has 0 N–H and O–H groups in total. The third-order valence-electron chi connectivity index (χ3n) is 5.18. The molecule has 3 heterocycles. The SMILES string of the molecule is CCCCN(Cc1nc(-c2ccncc2)no1)C1CCN(C(=O)OC(C)(C)C)CC1. The quantitative estimate of drug-likeness (QED) is 0.672. The van der Waals surface area contributed by atoms with Crippen molar-refractivity contribution in [3.63, 3.8) is 0 Å². The number of piperidine rings is 1. The molecule has 0 bridgehead atoms. The zero-order valence-corrected chi connectivity index (χ0v) is 18.5. The van der Waals surface area contributed by atoms with Crippen molar-refractivity contribution < 1.29 is 14.1 Å². The summed E-state index contributed by atoms with van der Waals surface area (Å²) in [6.45, 7) is 10.9. The number of ether oxygens (including phenoxy) is 1. The van der Waals surface area contributed by atoms with E-state index in [-0.39, 0.29) is 6.09 Å². The van der Waals surface area contributed by atoms with E-state index < -0.39 is 5.60 Å². The molecule has 8 nitrogen and oxygen atoms in total. The molecule has 1 amide bonds. The van der Waals surface area contributed by atoms with Crippen molar-refractivity contribution in [1.82, 2.24) is 24.9 Å². The van der Waals surface area contributed by atoms with Gasteiger partial charge in [-0.1, -0.05) is 18.5 Å². The lowest BCUT2D eigenvalue weighted by molar-refractivity contribution is 0.0129. The highest BCUT2D eigenvalue weighted by atomic mass is 16.6. The van der Waals surface area contributed by atoms with Gasteiger partial charge in [-0.3, -0.25) is 9.88 Å². The predicted octanol–water partition coefficient (Wildman–Crippen LogP) is 4.13. The highest BCUT2D eigenvalue weighted by Gasteiger charge is 2.30. The molecule has 2 aromatic heterocycles. The van der Waals surface area contributed by atoms with Gasteiger partial charge in [0.1, 0.15) is 5.60 Å². The number of pyridine rings is 1. The van der Waals surface area contributed by atoms with Crippen LogP contribution >= 0.6 is 0 Å². The van der Waals surface area contributed by atoms with Crippen LogP contribution in [-0.4, -0.2) is 62.3 Å². The second-order valence-corrected chi connectivity index (χ2v) is 8.77. The summed E-state index contributed by atoms with van der Waals surface area (Å²) in [5.41, 5.74) is 0.428. The van der Waals surface area contributed by atoms with E-state index in [2.05, 4.69) is 26.9 Å². The number of unbranched alkanes of at least 4 members (excludes halogenated alkanes) is 1. The van der Waals surface area contributed by atoms with Crippen molar-refractivity contribution in [3.8, 4) is 11.4 Å². The van der Waals surface area contributed by atoms with Gasteiger partial charge in [0, 0.05) is 37.1 Å². The van der Waals surface area contributed by atoms with Crippen LogP contribution in [0.2, 0.25) is 0 Å². The molecule has 0 radical (unpaired) electrons. The minimum Gasteiger partial charge on any atom is -0.444 e. The summed E-state index contributed by atoms with van der Waals surface area (Å²) >= 11 is 0. The van der Waals surface area contributed by atoms with Crippen molar-refractivity contribution in [2.75, 3.05) is 19.6 Å². The van der Waals surface area contributed by atoms with E-state index in [1.807, 2.05) is 37.8 Å². The van der Waals surface area contributed by atoms with Crippen LogP contribution in [0.25, 0.3) is 11.4 Å². The highest BCUT2D eigenvalue weighted by molar-refractivity contribution is 5.68. The van der Waals surface area contributed by atoms with Crippen LogP contribution in [0.5, 0.6) is 0 Å². The number of amides is 1. The van der Waals surface area contributed by atoms with Gasteiger partial charge in [-0.15, -0.1) is 0 Å². The monoisotopic (exact) mass is 415 g/mol. The van der Waals surface area contributed by atoms with Gasteiger partial charge in [0.05, 0.1) is 6.54 Å². The van der Waals surface area contributed by atoms with Crippen LogP contribution in [0.4, 0.5) is 4.79 Å². The van der Waals surface area contributed by atoms with Gasteiger partial charge in [-0.25, -0.2) is 4.79 Å². The fourth-order valence-corrected chi connectivity index (χ4v) is 3.60. The van der Waals surface area contributed by atoms with Gasteiger partial charge in [0.15, 0.2) is 0 Å². The first-order valence-electron chi connectivity index (χ1n) is 10.8. The van der Waals surface area contributed by atoms with E-state index in [0.29, 0.717) is 37.4 Å². The van der Waals surface area contributed by atoms with Crippen molar-refractivity contribution in [3.05, 3.63) is 30.4 Å². The second-order valence-electron chi connectivity index (χ2n) is 8.77. The molecule has 30 heavy (non-hydrogen) atoms. The molecule has 164 valence electrons. The lowest BCUT2D eigenvalue weighted by Gasteiger charge is -2.38. The maximum atomic E-state index is 12.3. The fourth-order valence-electron chi connectivity index (χ4n) is 3.60. The first-order chi connectivity index (χ1) is 14.4. The van der Waals surface area contributed by atoms with Crippen molar-refractivity contribution in [2.24, 2.45) is 0 Å². The lowest BCUT2D eigenvalue weighted by Crippen LogP contribution is -2.48. The van der Waals surface area contributed by atoms with E-state index in [4.69, 9.17) is 9.26 Å². The topological polar surface area (TPSA) is 84.6 Å². The first kappa shape index (κ1) is 22.2. The Morgan fingerprint density at radius 2 is 1.97 bits per heavy atom. The van der Waals surface area contributed by atoms with E-state index in [0.717, 1.165) is 37.8 Å². The lowest BCUT2D eigenvalue weighted by atomic mass is 10.0. The van der Waals surface area contributed by atoms with Crippen LogP contribution in [0.3, 0.4) is 0 Å². The number of carbonyl (C=O) groups excluding carboxylic acids is 1. The molecule has 1 aliphatic heterocycles. The summed E-state index contributed by atoms with van der Waals surface area (Å²) in [5, 5.41) is 4.12. The molecule has 8 heteroatoms. The van der Waals surface area contributed by atoms with E-state index in [1.165, 1.54) is 0 Å². The molecule has 0 unspecified atom stereocenters. The van der Waals surface area contributed by atoms with E-state index in [1.54, 1.807) is 12.4 Å². The Balaban J connectivity index is 1.60. The maximum Gasteiger partial charge on any atom is 0.410 e. The van der Waals surface area contributed by atoms with Gasteiger partial charge in [-0.2, -0.15) is 4.98 Å². The third kappa shape index (κ3) is 6.26. The molecule has 0 atom stereocenters. The van der Waals surface area contributed by atoms with Crippen molar-refractivity contribution >= 4 is 6.09 Å². The minimum absolute atomic E-state index is 0.222. The Kier molecular flexibility index (Phi) is 7.42. The number of rotatable bonds is 7.